The zero-order valence-corrected chi connectivity index (χ0v) is 8.80. The average molecular weight is 212 g/mol. The number of para-hydroxylation sites is 1. The standard InChI is InChI=1S/C12H12N4/c1-2-4-11(5-3-1)16-12(9-14-15-16)10-6-7-13-8-10/h1-6,9,13H,7-8H2. The third-order valence-electron chi connectivity index (χ3n) is 2.69. The van der Waals surface area contributed by atoms with E-state index in [1.54, 1.807) is 0 Å². The van der Waals surface area contributed by atoms with Gasteiger partial charge in [0.1, 0.15) is 0 Å². The summed E-state index contributed by atoms with van der Waals surface area (Å²) in [6.07, 6.45) is 3.99. The molecule has 0 bridgehead atoms. The minimum atomic E-state index is 0.889. The zero-order valence-electron chi connectivity index (χ0n) is 8.80. The van der Waals surface area contributed by atoms with Crippen molar-refractivity contribution >= 4 is 5.57 Å². The molecule has 0 unspecified atom stereocenters. The third kappa shape index (κ3) is 1.53. The maximum absolute atomic E-state index is 4.13. The lowest BCUT2D eigenvalue weighted by Crippen LogP contribution is -2.09. The predicted octanol–water partition coefficient (Wildman–Crippen LogP) is 1.25. The molecular weight excluding hydrogens is 200 g/mol. The molecule has 16 heavy (non-hydrogen) atoms. The van der Waals surface area contributed by atoms with E-state index in [0.717, 1.165) is 24.5 Å². The summed E-state index contributed by atoms with van der Waals surface area (Å²) in [5.41, 5.74) is 3.37. The maximum atomic E-state index is 4.13. The van der Waals surface area contributed by atoms with E-state index >= 15 is 0 Å². The van der Waals surface area contributed by atoms with Crippen LogP contribution < -0.4 is 5.32 Å². The van der Waals surface area contributed by atoms with Gasteiger partial charge in [0, 0.05) is 13.1 Å². The van der Waals surface area contributed by atoms with Gasteiger partial charge in [0.25, 0.3) is 0 Å². The summed E-state index contributed by atoms with van der Waals surface area (Å²) in [5.74, 6) is 0. The van der Waals surface area contributed by atoms with E-state index in [0.29, 0.717) is 0 Å². The molecule has 0 aliphatic carbocycles. The number of rotatable bonds is 2. The smallest absolute Gasteiger partial charge is 0.0914 e. The van der Waals surface area contributed by atoms with E-state index in [2.05, 4.69) is 21.7 Å². The summed E-state index contributed by atoms with van der Waals surface area (Å²) >= 11 is 0. The molecule has 2 aromatic rings. The van der Waals surface area contributed by atoms with E-state index in [1.807, 2.05) is 41.2 Å². The summed E-state index contributed by atoms with van der Waals surface area (Å²) in [6, 6.07) is 10.1. The molecule has 1 aliphatic rings. The topological polar surface area (TPSA) is 42.7 Å². The molecule has 3 rings (SSSR count). The van der Waals surface area contributed by atoms with Gasteiger partial charge in [-0.15, -0.1) is 5.10 Å². The number of nitrogens with zero attached hydrogens (tertiary/aromatic N) is 3. The molecule has 1 N–H and O–H groups in total. The highest BCUT2D eigenvalue weighted by Crippen LogP contribution is 2.18. The van der Waals surface area contributed by atoms with Crippen molar-refractivity contribution in [1.82, 2.24) is 20.3 Å². The van der Waals surface area contributed by atoms with Crippen LogP contribution in [0.4, 0.5) is 0 Å². The van der Waals surface area contributed by atoms with Gasteiger partial charge in [0.05, 0.1) is 17.6 Å². The van der Waals surface area contributed by atoms with Crippen LogP contribution in [0.25, 0.3) is 11.3 Å². The number of hydrogen-bond donors (Lipinski definition) is 1. The van der Waals surface area contributed by atoms with Gasteiger partial charge in [-0.1, -0.05) is 29.5 Å². The lowest BCUT2D eigenvalue weighted by molar-refractivity contribution is 0.793. The van der Waals surface area contributed by atoms with E-state index < -0.39 is 0 Å². The lowest BCUT2D eigenvalue weighted by Gasteiger charge is -2.05. The average Bonchev–Trinajstić information content (AvgIpc) is 3.01. The highest BCUT2D eigenvalue weighted by molar-refractivity contribution is 5.67. The van der Waals surface area contributed by atoms with Crippen molar-refractivity contribution in [2.75, 3.05) is 13.1 Å². The van der Waals surface area contributed by atoms with Crippen LogP contribution in [0.1, 0.15) is 5.69 Å². The molecule has 0 amide bonds. The largest absolute Gasteiger partial charge is 0.309 e. The molecule has 0 saturated carbocycles. The molecular formula is C12H12N4. The van der Waals surface area contributed by atoms with Gasteiger partial charge in [-0.2, -0.15) is 0 Å². The Bertz CT molecular complexity index is 513. The van der Waals surface area contributed by atoms with Crippen molar-refractivity contribution in [1.29, 1.82) is 0 Å². The predicted molar refractivity (Wildman–Crippen MR) is 62.2 cm³/mol. The van der Waals surface area contributed by atoms with Crippen molar-refractivity contribution in [3.05, 3.63) is 48.3 Å². The first-order chi connectivity index (χ1) is 7.95. The van der Waals surface area contributed by atoms with E-state index in [9.17, 15) is 0 Å². The fraction of sp³-hybridized carbons (Fsp3) is 0.167. The first kappa shape index (κ1) is 9.30. The van der Waals surface area contributed by atoms with Crippen LogP contribution in [0.5, 0.6) is 0 Å². The van der Waals surface area contributed by atoms with Gasteiger partial charge in [-0.05, 0) is 17.7 Å². The number of hydrogen-bond acceptors (Lipinski definition) is 3. The number of aromatic nitrogens is 3. The van der Waals surface area contributed by atoms with Gasteiger partial charge in [-0.3, -0.25) is 0 Å². The first-order valence-electron chi connectivity index (χ1n) is 5.31. The second kappa shape index (κ2) is 3.90. The summed E-state index contributed by atoms with van der Waals surface area (Å²) in [7, 11) is 0. The molecule has 1 aliphatic heterocycles. The molecule has 0 radical (unpaired) electrons. The summed E-state index contributed by atoms with van der Waals surface area (Å²) < 4.78 is 1.87. The Morgan fingerprint density at radius 1 is 1.19 bits per heavy atom. The molecule has 4 heteroatoms. The molecule has 0 saturated heterocycles. The SMILES string of the molecule is C1=C(c2cnnn2-c2ccccc2)CNC1. The van der Waals surface area contributed by atoms with Crippen LogP contribution in [0.2, 0.25) is 0 Å². The highest BCUT2D eigenvalue weighted by Gasteiger charge is 2.13. The van der Waals surface area contributed by atoms with Crippen molar-refractivity contribution < 1.29 is 0 Å². The van der Waals surface area contributed by atoms with Crippen LogP contribution in [0, 0.1) is 0 Å². The van der Waals surface area contributed by atoms with Crippen LogP contribution >= 0.6 is 0 Å². The molecule has 80 valence electrons. The molecule has 1 aromatic carbocycles. The Morgan fingerprint density at radius 2 is 2.06 bits per heavy atom. The van der Waals surface area contributed by atoms with Crippen molar-refractivity contribution in [2.24, 2.45) is 0 Å². The van der Waals surface area contributed by atoms with Crippen LogP contribution in [-0.4, -0.2) is 28.1 Å². The van der Waals surface area contributed by atoms with Gasteiger partial charge >= 0.3 is 0 Å². The zero-order chi connectivity index (χ0) is 10.8. The summed E-state index contributed by atoms with van der Waals surface area (Å²) in [6.45, 7) is 1.81. The monoisotopic (exact) mass is 212 g/mol. The highest BCUT2D eigenvalue weighted by atomic mass is 15.4. The van der Waals surface area contributed by atoms with Crippen LogP contribution in [-0.2, 0) is 0 Å². The lowest BCUT2D eigenvalue weighted by atomic mass is 10.2. The molecule has 2 heterocycles. The minimum Gasteiger partial charge on any atom is -0.309 e. The molecule has 0 atom stereocenters. The quantitative estimate of drug-likeness (QED) is 0.814. The fourth-order valence-corrected chi connectivity index (χ4v) is 1.88. The fourth-order valence-electron chi connectivity index (χ4n) is 1.88. The second-order valence-corrected chi connectivity index (χ2v) is 3.73. The van der Waals surface area contributed by atoms with Gasteiger partial charge in [0.2, 0.25) is 0 Å². The Balaban J connectivity index is 2.06. The Kier molecular flexibility index (Phi) is 2.27. The first-order valence-corrected chi connectivity index (χ1v) is 5.31. The Morgan fingerprint density at radius 3 is 2.81 bits per heavy atom. The van der Waals surface area contributed by atoms with Crippen molar-refractivity contribution in [3.63, 3.8) is 0 Å². The van der Waals surface area contributed by atoms with Gasteiger partial charge in [-0.25, -0.2) is 4.68 Å². The molecule has 0 spiro atoms. The number of benzene rings is 1. The molecule has 0 fully saturated rings. The molecule has 1 aromatic heterocycles. The third-order valence-corrected chi connectivity index (χ3v) is 2.69. The number of nitrogens with one attached hydrogen (secondary N) is 1. The summed E-state index contributed by atoms with van der Waals surface area (Å²) in [5, 5.41) is 11.4. The van der Waals surface area contributed by atoms with E-state index in [4.69, 9.17) is 0 Å². The van der Waals surface area contributed by atoms with Crippen LogP contribution in [0.3, 0.4) is 0 Å². The van der Waals surface area contributed by atoms with E-state index in [1.165, 1.54) is 5.57 Å². The van der Waals surface area contributed by atoms with Crippen molar-refractivity contribution in [3.8, 4) is 5.69 Å². The minimum absolute atomic E-state index is 0.889. The van der Waals surface area contributed by atoms with Gasteiger partial charge in [0.15, 0.2) is 0 Å². The Hall–Kier alpha value is -1.94. The van der Waals surface area contributed by atoms with Crippen LogP contribution in [0.15, 0.2) is 42.6 Å². The normalized spacial score (nSPS) is 15.1. The Labute approximate surface area is 93.6 Å². The second-order valence-electron chi connectivity index (χ2n) is 3.73. The van der Waals surface area contributed by atoms with Crippen molar-refractivity contribution in [2.45, 2.75) is 0 Å². The summed E-state index contributed by atoms with van der Waals surface area (Å²) in [4.78, 5) is 0. The molecule has 4 nitrogen and oxygen atoms in total. The maximum Gasteiger partial charge on any atom is 0.0914 e. The van der Waals surface area contributed by atoms with E-state index in [-0.39, 0.29) is 0 Å². The van der Waals surface area contributed by atoms with Gasteiger partial charge < -0.3 is 5.32 Å².